The Morgan fingerprint density at radius 1 is 1.18 bits per heavy atom. The van der Waals surface area contributed by atoms with Crippen LogP contribution in [-0.2, 0) is 14.3 Å². The van der Waals surface area contributed by atoms with Crippen LogP contribution < -0.4 is 14.2 Å². The predicted molar refractivity (Wildman–Crippen MR) is 94.5 cm³/mol. The van der Waals surface area contributed by atoms with Crippen LogP contribution in [0, 0.1) is 0 Å². The van der Waals surface area contributed by atoms with Crippen LogP contribution in [0.4, 0.5) is 0 Å². The highest BCUT2D eigenvalue weighted by Gasteiger charge is 2.39. The third-order valence-electron chi connectivity index (χ3n) is 4.06. The molecule has 1 unspecified atom stereocenters. The SMILES string of the molecule is COc1ccc(/C=C(\CC(O)[C@H]2OC(=O)C(O)=C2O)C(=O)O)c(OC)c1OC. The van der Waals surface area contributed by atoms with Gasteiger partial charge in [0.15, 0.2) is 23.4 Å². The van der Waals surface area contributed by atoms with Gasteiger partial charge >= 0.3 is 11.9 Å². The molecule has 0 fully saturated rings. The highest BCUT2D eigenvalue weighted by molar-refractivity contribution is 5.93. The van der Waals surface area contributed by atoms with E-state index in [1.807, 2.05) is 0 Å². The molecule has 2 rings (SSSR count). The minimum absolute atomic E-state index is 0.211. The van der Waals surface area contributed by atoms with Crippen molar-refractivity contribution in [3.8, 4) is 17.2 Å². The lowest BCUT2D eigenvalue weighted by atomic mass is 10.00. The number of carboxylic acids is 1. The number of benzene rings is 1. The van der Waals surface area contributed by atoms with Crippen LogP contribution in [0.5, 0.6) is 17.2 Å². The monoisotopic (exact) mass is 396 g/mol. The first-order valence-corrected chi connectivity index (χ1v) is 7.99. The molecule has 0 amide bonds. The molecule has 28 heavy (non-hydrogen) atoms. The molecule has 10 nitrogen and oxygen atoms in total. The summed E-state index contributed by atoms with van der Waals surface area (Å²) in [7, 11) is 4.20. The van der Waals surface area contributed by atoms with Gasteiger partial charge in [-0.05, 0) is 18.2 Å². The molecule has 152 valence electrons. The van der Waals surface area contributed by atoms with E-state index in [0.717, 1.165) is 0 Å². The van der Waals surface area contributed by atoms with Crippen molar-refractivity contribution in [2.75, 3.05) is 21.3 Å². The molecular weight excluding hydrogens is 376 g/mol. The highest BCUT2D eigenvalue weighted by atomic mass is 16.6. The quantitative estimate of drug-likeness (QED) is 0.372. The number of esters is 1. The molecule has 0 bridgehead atoms. The van der Waals surface area contributed by atoms with Crippen LogP contribution in [0.15, 0.2) is 29.2 Å². The number of aliphatic hydroxyl groups excluding tert-OH is 3. The zero-order valence-electron chi connectivity index (χ0n) is 15.3. The Hall–Kier alpha value is -3.40. The largest absolute Gasteiger partial charge is 0.505 e. The lowest BCUT2D eigenvalue weighted by Crippen LogP contribution is -2.30. The maximum Gasteiger partial charge on any atom is 0.377 e. The third-order valence-corrected chi connectivity index (χ3v) is 4.06. The van der Waals surface area contributed by atoms with Crippen molar-refractivity contribution in [2.24, 2.45) is 0 Å². The fourth-order valence-corrected chi connectivity index (χ4v) is 2.69. The Kier molecular flexibility index (Phi) is 6.37. The van der Waals surface area contributed by atoms with Gasteiger partial charge < -0.3 is 39.4 Å². The molecule has 10 heteroatoms. The van der Waals surface area contributed by atoms with Gasteiger partial charge in [0.2, 0.25) is 11.5 Å². The third kappa shape index (κ3) is 3.96. The van der Waals surface area contributed by atoms with Gasteiger partial charge in [-0.15, -0.1) is 0 Å². The maximum absolute atomic E-state index is 11.6. The van der Waals surface area contributed by atoms with Crippen LogP contribution in [-0.4, -0.2) is 65.9 Å². The standard InChI is InChI=1S/C18H20O10/c1-25-11-5-4-8(14(26-2)16(11)27-3)6-9(17(22)23)7-10(19)15-12(20)13(21)18(24)28-15/h4-6,10,15,19-21H,7H2,1-3H3,(H,22,23)/b9-6+/t10?,15-/m1/s1. The number of hydrogen-bond donors (Lipinski definition) is 4. The number of aliphatic hydroxyl groups is 3. The molecule has 1 aromatic rings. The van der Waals surface area contributed by atoms with E-state index in [0.29, 0.717) is 11.3 Å². The summed E-state index contributed by atoms with van der Waals surface area (Å²) in [6.45, 7) is 0. The molecule has 2 atom stereocenters. The van der Waals surface area contributed by atoms with Crippen molar-refractivity contribution < 1.29 is 49.0 Å². The van der Waals surface area contributed by atoms with E-state index in [4.69, 9.17) is 14.2 Å². The number of cyclic esters (lactones) is 1. The van der Waals surface area contributed by atoms with E-state index in [9.17, 15) is 30.0 Å². The maximum atomic E-state index is 11.6. The highest BCUT2D eigenvalue weighted by Crippen LogP contribution is 2.40. The lowest BCUT2D eigenvalue weighted by Gasteiger charge is -2.18. The number of hydrogen-bond acceptors (Lipinski definition) is 9. The Labute approximate surface area is 159 Å². The van der Waals surface area contributed by atoms with E-state index >= 15 is 0 Å². The number of methoxy groups -OCH3 is 3. The number of rotatable bonds is 8. The van der Waals surface area contributed by atoms with Gasteiger partial charge in [-0.1, -0.05) is 0 Å². The van der Waals surface area contributed by atoms with E-state index in [2.05, 4.69) is 4.74 Å². The average Bonchev–Trinajstić information content (AvgIpc) is 2.93. The van der Waals surface area contributed by atoms with Crippen LogP contribution in [0.3, 0.4) is 0 Å². The number of ether oxygens (including phenoxy) is 4. The van der Waals surface area contributed by atoms with E-state index in [1.54, 1.807) is 6.07 Å². The smallest absolute Gasteiger partial charge is 0.377 e. The Balaban J connectivity index is 2.38. The molecule has 1 aliphatic rings. The number of carbonyl (C=O) groups excluding carboxylic acids is 1. The summed E-state index contributed by atoms with van der Waals surface area (Å²) >= 11 is 0. The lowest BCUT2D eigenvalue weighted by molar-refractivity contribution is -0.146. The summed E-state index contributed by atoms with van der Waals surface area (Å²) < 4.78 is 20.3. The first-order valence-electron chi connectivity index (χ1n) is 7.99. The summed E-state index contributed by atoms with van der Waals surface area (Å²) in [5.74, 6) is -3.60. The normalized spacial score (nSPS) is 17.9. The van der Waals surface area contributed by atoms with E-state index < -0.39 is 42.1 Å². The molecule has 0 aromatic heterocycles. The second-order valence-electron chi connectivity index (χ2n) is 5.73. The Morgan fingerprint density at radius 2 is 1.82 bits per heavy atom. The van der Waals surface area contributed by atoms with Gasteiger partial charge in [-0.2, -0.15) is 0 Å². The van der Waals surface area contributed by atoms with E-state index in [1.165, 1.54) is 33.5 Å². The summed E-state index contributed by atoms with van der Waals surface area (Å²) in [5, 5.41) is 38.6. The summed E-state index contributed by atoms with van der Waals surface area (Å²) in [6.07, 6.45) is -2.43. The molecule has 1 heterocycles. The summed E-state index contributed by atoms with van der Waals surface area (Å²) in [5.41, 5.74) is 0.0593. The first-order chi connectivity index (χ1) is 13.2. The van der Waals surface area contributed by atoms with Gasteiger partial charge in [0.25, 0.3) is 0 Å². The number of carboxylic acid groups (broad SMARTS) is 1. The van der Waals surface area contributed by atoms with E-state index in [-0.39, 0.29) is 17.1 Å². The second kappa shape index (κ2) is 8.53. The number of aliphatic carboxylic acids is 1. The predicted octanol–water partition coefficient (Wildman–Crippen LogP) is 1.18. The van der Waals surface area contributed by atoms with Gasteiger partial charge in [0, 0.05) is 17.6 Å². The fourth-order valence-electron chi connectivity index (χ4n) is 2.69. The molecule has 1 aliphatic heterocycles. The second-order valence-corrected chi connectivity index (χ2v) is 5.73. The van der Waals surface area contributed by atoms with Gasteiger partial charge in [0.1, 0.15) is 6.10 Å². The van der Waals surface area contributed by atoms with Gasteiger partial charge in [0.05, 0.1) is 21.3 Å². The van der Waals surface area contributed by atoms with Crippen molar-refractivity contribution in [1.29, 1.82) is 0 Å². The molecule has 4 N–H and O–H groups in total. The van der Waals surface area contributed by atoms with Gasteiger partial charge in [-0.25, -0.2) is 9.59 Å². The number of carbonyl (C=O) groups is 2. The minimum Gasteiger partial charge on any atom is -0.505 e. The topological polar surface area (TPSA) is 152 Å². The summed E-state index contributed by atoms with van der Waals surface area (Å²) in [6, 6.07) is 3.09. The molecule has 0 spiro atoms. The molecular formula is C18H20O10. The van der Waals surface area contributed by atoms with Crippen LogP contribution in [0.1, 0.15) is 12.0 Å². The van der Waals surface area contributed by atoms with Gasteiger partial charge in [-0.3, -0.25) is 0 Å². The average molecular weight is 396 g/mol. The van der Waals surface area contributed by atoms with Crippen molar-refractivity contribution in [1.82, 2.24) is 0 Å². The molecule has 0 saturated heterocycles. The minimum atomic E-state index is -1.61. The Bertz CT molecular complexity index is 839. The molecule has 0 saturated carbocycles. The van der Waals surface area contributed by atoms with Crippen LogP contribution in [0.2, 0.25) is 0 Å². The zero-order chi connectivity index (χ0) is 21.0. The first kappa shape index (κ1) is 20.9. The van der Waals surface area contributed by atoms with Crippen molar-refractivity contribution in [3.05, 3.63) is 34.8 Å². The molecule has 0 aliphatic carbocycles. The van der Waals surface area contributed by atoms with Crippen LogP contribution >= 0.6 is 0 Å². The fraction of sp³-hybridized carbons (Fsp3) is 0.333. The Morgan fingerprint density at radius 3 is 2.29 bits per heavy atom. The zero-order valence-corrected chi connectivity index (χ0v) is 15.3. The van der Waals surface area contributed by atoms with Crippen molar-refractivity contribution in [2.45, 2.75) is 18.6 Å². The van der Waals surface area contributed by atoms with Crippen LogP contribution in [0.25, 0.3) is 6.08 Å². The van der Waals surface area contributed by atoms with Crippen molar-refractivity contribution >= 4 is 18.0 Å². The molecule has 0 radical (unpaired) electrons. The summed E-state index contributed by atoms with van der Waals surface area (Å²) in [4.78, 5) is 22.9. The van der Waals surface area contributed by atoms with Crippen molar-refractivity contribution in [3.63, 3.8) is 0 Å². The molecule has 1 aromatic carbocycles.